The molecule has 0 saturated heterocycles. The number of carbonyl (C=O) groups excluding carboxylic acids is 2. The number of ether oxygens (including phenoxy) is 4. The Balaban J connectivity index is 1.98. The summed E-state index contributed by atoms with van der Waals surface area (Å²) in [6.45, 7) is 1.86. The number of rotatable bonds is 10. The van der Waals surface area contributed by atoms with E-state index in [1.54, 1.807) is 19.1 Å². The third kappa shape index (κ3) is 6.27. The second-order valence-corrected chi connectivity index (χ2v) is 7.03. The molecule has 0 saturated carbocycles. The van der Waals surface area contributed by atoms with Crippen LogP contribution in [-0.4, -0.2) is 57.6 Å². The molecule has 0 bridgehead atoms. The van der Waals surface area contributed by atoms with Gasteiger partial charge in [-0.1, -0.05) is 0 Å². The first-order valence-corrected chi connectivity index (χ1v) is 10.2. The monoisotopic (exact) mass is 509 g/mol. The predicted octanol–water partition coefficient (Wildman–Crippen LogP) is 2.46. The van der Waals surface area contributed by atoms with Crippen LogP contribution < -0.4 is 29.7 Å². The van der Waals surface area contributed by atoms with E-state index in [1.807, 2.05) is 0 Å². The minimum Gasteiger partial charge on any atom is -0.503 e. The third-order valence-corrected chi connectivity index (χ3v) is 4.69. The summed E-state index contributed by atoms with van der Waals surface area (Å²) in [6.07, 6.45) is 1.38. The number of hydrogen-bond acceptors (Lipinski definition) is 8. The molecule has 0 fully saturated rings. The highest BCUT2D eigenvalue weighted by molar-refractivity contribution is 9.10. The molecule has 0 heterocycles. The van der Waals surface area contributed by atoms with E-state index in [-0.39, 0.29) is 23.6 Å². The number of hydrogen-bond donors (Lipinski definition) is 3. The van der Waals surface area contributed by atoms with Gasteiger partial charge in [-0.25, -0.2) is 5.43 Å². The summed E-state index contributed by atoms with van der Waals surface area (Å²) in [7, 11) is 4.34. The minimum atomic E-state index is -0.537. The maximum atomic E-state index is 12.4. The van der Waals surface area contributed by atoms with Gasteiger partial charge in [-0.3, -0.25) is 9.59 Å². The van der Waals surface area contributed by atoms with Crippen molar-refractivity contribution in [1.29, 1.82) is 0 Å². The second-order valence-electron chi connectivity index (χ2n) is 6.17. The van der Waals surface area contributed by atoms with E-state index in [0.717, 1.165) is 0 Å². The van der Waals surface area contributed by atoms with E-state index >= 15 is 0 Å². The fraction of sp³-hybridized carbons (Fsp3) is 0.286. The molecule has 32 heavy (non-hydrogen) atoms. The smallest absolute Gasteiger partial charge is 0.259 e. The summed E-state index contributed by atoms with van der Waals surface area (Å²) >= 11 is 3.23. The van der Waals surface area contributed by atoms with E-state index in [1.165, 1.54) is 39.7 Å². The van der Waals surface area contributed by atoms with E-state index in [2.05, 4.69) is 31.8 Å². The van der Waals surface area contributed by atoms with Crippen molar-refractivity contribution in [3.05, 3.63) is 39.9 Å². The molecular formula is C21H24BrN3O7. The fourth-order valence-electron chi connectivity index (χ4n) is 2.63. The number of carbonyl (C=O) groups is 2. The van der Waals surface area contributed by atoms with Crippen LogP contribution in [-0.2, 0) is 4.79 Å². The number of benzene rings is 2. The lowest BCUT2D eigenvalue weighted by Gasteiger charge is -2.14. The zero-order chi connectivity index (χ0) is 23.7. The minimum absolute atomic E-state index is 0.0254. The Morgan fingerprint density at radius 1 is 1.06 bits per heavy atom. The van der Waals surface area contributed by atoms with Crippen LogP contribution in [0.2, 0.25) is 0 Å². The molecule has 172 valence electrons. The lowest BCUT2D eigenvalue weighted by atomic mass is 10.1. The van der Waals surface area contributed by atoms with Crippen molar-refractivity contribution in [1.82, 2.24) is 10.7 Å². The van der Waals surface area contributed by atoms with Gasteiger partial charge in [0.2, 0.25) is 5.75 Å². The normalized spacial score (nSPS) is 10.5. The van der Waals surface area contributed by atoms with Gasteiger partial charge in [0.15, 0.2) is 23.0 Å². The average Bonchev–Trinajstić information content (AvgIpc) is 2.79. The molecule has 0 atom stereocenters. The maximum Gasteiger partial charge on any atom is 0.259 e. The van der Waals surface area contributed by atoms with Gasteiger partial charge in [0.1, 0.15) is 0 Å². The summed E-state index contributed by atoms with van der Waals surface area (Å²) in [5, 5.41) is 16.3. The Morgan fingerprint density at radius 3 is 2.28 bits per heavy atom. The summed E-state index contributed by atoms with van der Waals surface area (Å²) in [4.78, 5) is 24.4. The summed E-state index contributed by atoms with van der Waals surface area (Å²) in [5.74, 6) is 0.203. The number of halogens is 1. The zero-order valence-corrected chi connectivity index (χ0v) is 19.6. The quantitative estimate of drug-likeness (QED) is 0.331. The van der Waals surface area contributed by atoms with Gasteiger partial charge in [-0.15, -0.1) is 0 Å². The first-order valence-electron chi connectivity index (χ1n) is 9.39. The lowest BCUT2D eigenvalue weighted by Crippen LogP contribution is -2.34. The van der Waals surface area contributed by atoms with Gasteiger partial charge in [-0.2, -0.15) is 5.10 Å². The van der Waals surface area contributed by atoms with E-state index in [9.17, 15) is 14.7 Å². The molecule has 0 aliphatic heterocycles. The molecule has 0 aromatic heterocycles. The SMILES string of the molecule is CCOc1cc(/C=N/NC(=O)CNC(=O)c2cc(OC)c(OC)c(OC)c2)cc(Br)c1O. The standard InChI is InChI=1S/C21H24BrN3O7/c1-5-32-15-7-12(6-14(22)19(15)27)10-24-25-18(26)11-23-21(28)13-8-16(29-2)20(31-4)17(9-13)30-3/h6-10,27H,5,11H2,1-4H3,(H,23,28)(H,25,26)/b24-10+. The number of hydrazone groups is 1. The highest BCUT2D eigenvalue weighted by atomic mass is 79.9. The molecule has 10 nitrogen and oxygen atoms in total. The van der Waals surface area contributed by atoms with E-state index in [0.29, 0.717) is 33.9 Å². The third-order valence-electron chi connectivity index (χ3n) is 4.09. The molecule has 0 spiro atoms. The Bertz CT molecular complexity index is 986. The first-order chi connectivity index (χ1) is 15.3. The average molecular weight is 510 g/mol. The van der Waals surface area contributed by atoms with Crippen molar-refractivity contribution >= 4 is 34.0 Å². The van der Waals surface area contributed by atoms with Crippen molar-refractivity contribution in [2.75, 3.05) is 34.5 Å². The van der Waals surface area contributed by atoms with Crippen molar-refractivity contribution in [3.63, 3.8) is 0 Å². The van der Waals surface area contributed by atoms with Gasteiger partial charge >= 0.3 is 0 Å². The number of nitrogens with one attached hydrogen (secondary N) is 2. The maximum absolute atomic E-state index is 12.4. The van der Waals surface area contributed by atoms with Crippen LogP contribution in [0, 0.1) is 0 Å². The number of aromatic hydroxyl groups is 1. The second kappa shape index (κ2) is 11.8. The van der Waals surface area contributed by atoms with Crippen molar-refractivity contribution in [3.8, 4) is 28.7 Å². The fourth-order valence-corrected chi connectivity index (χ4v) is 3.09. The van der Waals surface area contributed by atoms with Crippen LogP contribution in [0.4, 0.5) is 0 Å². The Hall–Kier alpha value is -3.47. The van der Waals surface area contributed by atoms with Gasteiger partial charge in [0.25, 0.3) is 11.8 Å². The molecule has 3 N–H and O–H groups in total. The molecule has 2 aromatic carbocycles. The van der Waals surface area contributed by atoms with Crippen LogP contribution in [0.15, 0.2) is 33.8 Å². The lowest BCUT2D eigenvalue weighted by molar-refractivity contribution is -0.120. The summed E-state index contributed by atoms with van der Waals surface area (Å²) < 4.78 is 21.4. The van der Waals surface area contributed by atoms with Crippen LogP contribution in [0.1, 0.15) is 22.8 Å². The zero-order valence-electron chi connectivity index (χ0n) is 18.0. The highest BCUT2D eigenvalue weighted by Crippen LogP contribution is 2.38. The Kier molecular flexibility index (Phi) is 9.14. The van der Waals surface area contributed by atoms with Gasteiger partial charge < -0.3 is 29.4 Å². The van der Waals surface area contributed by atoms with Crippen LogP contribution >= 0.6 is 15.9 Å². The predicted molar refractivity (Wildman–Crippen MR) is 121 cm³/mol. The number of methoxy groups -OCH3 is 3. The number of phenolic OH excluding ortho intramolecular Hbond substituents is 1. The van der Waals surface area contributed by atoms with Crippen molar-refractivity contribution in [2.24, 2.45) is 5.10 Å². The van der Waals surface area contributed by atoms with Gasteiger partial charge in [-0.05, 0) is 52.7 Å². The number of amides is 2. The van der Waals surface area contributed by atoms with Crippen LogP contribution in [0.3, 0.4) is 0 Å². The van der Waals surface area contributed by atoms with Gasteiger partial charge in [0, 0.05) is 5.56 Å². The molecule has 11 heteroatoms. The molecule has 2 rings (SSSR count). The van der Waals surface area contributed by atoms with Crippen LogP contribution in [0.5, 0.6) is 28.7 Å². The molecule has 2 amide bonds. The first kappa shape index (κ1) is 24.8. The Labute approximate surface area is 193 Å². The van der Waals surface area contributed by atoms with E-state index < -0.39 is 11.8 Å². The summed E-state index contributed by atoms with van der Waals surface area (Å²) in [5.41, 5.74) is 3.13. The highest BCUT2D eigenvalue weighted by Gasteiger charge is 2.17. The number of nitrogens with zero attached hydrogens (tertiary/aromatic N) is 1. The molecule has 2 aromatic rings. The largest absolute Gasteiger partial charge is 0.503 e. The number of phenols is 1. The van der Waals surface area contributed by atoms with E-state index in [4.69, 9.17) is 18.9 Å². The van der Waals surface area contributed by atoms with Gasteiger partial charge in [0.05, 0.1) is 45.2 Å². The molecule has 0 unspecified atom stereocenters. The van der Waals surface area contributed by atoms with Crippen molar-refractivity contribution < 1.29 is 33.6 Å². The topological polar surface area (TPSA) is 128 Å². The Morgan fingerprint density at radius 2 is 1.72 bits per heavy atom. The molecule has 0 aliphatic carbocycles. The van der Waals surface area contributed by atoms with Crippen molar-refractivity contribution in [2.45, 2.75) is 6.92 Å². The molecular weight excluding hydrogens is 486 g/mol. The van der Waals surface area contributed by atoms with Crippen LogP contribution in [0.25, 0.3) is 0 Å². The molecule has 0 radical (unpaired) electrons. The molecule has 0 aliphatic rings. The summed E-state index contributed by atoms with van der Waals surface area (Å²) in [6, 6.07) is 6.14.